The van der Waals surface area contributed by atoms with E-state index in [1.54, 1.807) is 0 Å². The quantitative estimate of drug-likeness (QED) is 0.567. The molecule has 0 aliphatic heterocycles. The zero-order valence-corrected chi connectivity index (χ0v) is 18.7. The number of rotatable bonds is 11. The van der Waals surface area contributed by atoms with Gasteiger partial charge in [0.15, 0.2) is 11.5 Å². The fraction of sp³-hybridized carbons (Fsp3) is 0.409. The second kappa shape index (κ2) is 11.0. The number of sulfonamides is 1. The Morgan fingerprint density at radius 2 is 1.67 bits per heavy atom. The third-order valence-electron chi connectivity index (χ3n) is 4.58. The Morgan fingerprint density at radius 3 is 2.27 bits per heavy atom. The molecule has 0 aliphatic rings. The van der Waals surface area contributed by atoms with E-state index in [4.69, 9.17) is 9.47 Å². The van der Waals surface area contributed by atoms with E-state index in [2.05, 4.69) is 23.9 Å². The Labute approximate surface area is 178 Å². The standard InChI is InChI=1S/C22H30N2O5S/c1-16(2)12-13-23-22(25)19(14-17-8-6-5-7-9-17)24-30(26,27)18-10-11-20(28-3)21(15-18)29-4/h5-11,15-16,19,24H,12-14H2,1-4H3,(H,23,25)/t19-/m0/s1. The summed E-state index contributed by atoms with van der Waals surface area (Å²) in [6.07, 6.45) is 1.05. The Hall–Kier alpha value is -2.58. The van der Waals surface area contributed by atoms with E-state index in [0.29, 0.717) is 24.0 Å². The lowest BCUT2D eigenvalue weighted by atomic mass is 10.1. The molecule has 2 aromatic rings. The van der Waals surface area contributed by atoms with Gasteiger partial charge >= 0.3 is 0 Å². The summed E-state index contributed by atoms with van der Waals surface area (Å²) in [5, 5.41) is 2.84. The first-order chi connectivity index (χ1) is 14.3. The van der Waals surface area contributed by atoms with Gasteiger partial charge < -0.3 is 14.8 Å². The number of ether oxygens (including phenoxy) is 2. The second-order valence-electron chi connectivity index (χ2n) is 7.35. The van der Waals surface area contributed by atoms with Gasteiger partial charge in [-0.1, -0.05) is 44.2 Å². The topological polar surface area (TPSA) is 93.7 Å². The van der Waals surface area contributed by atoms with Crippen molar-refractivity contribution in [3.63, 3.8) is 0 Å². The van der Waals surface area contributed by atoms with Crippen molar-refractivity contribution in [3.8, 4) is 11.5 Å². The monoisotopic (exact) mass is 434 g/mol. The summed E-state index contributed by atoms with van der Waals surface area (Å²) in [7, 11) is -1.06. The molecule has 0 saturated carbocycles. The molecular weight excluding hydrogens is 404 g/mol. The first kappa shape index (κ1) is 23.7. The summed E-state index contributed by atoms with van der Waals surface area (Å²) in [6.45, 7) is 4.61. The molecular formula is C22H30N2O5S. The lowest BCUT2D eigenvalue weighted by molar-refractivity contribution is -0.122. The predicted octanol–water partition coefficient (Wildman–Crippen LogP) is 2.76. The van der Waals surface area contributed by atoms with Gasteiger partial charge in [0.05, 0.1) is 19.1 Å². The number of carbonyl (C=O) groups is 1. The molecule has 0 bridgehead atoms. The van der Waals surface area contributed by atoms with Crippen LogP contribution in [0.1, 0.15) is 25.8 Å². The molecule has 0 radical (unpaired) electrons. The molecule has 2 rings (SSSR count). The van der Waals surface area contributed by atoms with E-state index in [-0.39, 0.29) is 17.2 Å². The molecule has 0 spiro atoms. The average Bonchev–Trinajstić information content (AvgIpc) is 2.73. The molecule has 7 nitrogen and oxygen atoms in total. The van der Waals surface area contributed by atoms with E-state index < -0.39 is 16.1 Å². The molecule has 1 atom stereocenters. The van der Waals surface area contributed by atoms with Gasteiger partial charge in [-0.15, -0.1) is 0 Å². The summed E-state index contributed by atoms with van der Waals surface area (Å²) < 4.78 is 38.9. The highest BCUT2D eigenvalue weighted by atomic mass is 32.2. The first-order valence-electron chi connectivity index (χ1n) is 9.82. The van der Waals surface area contributed by atoms with Gasteiger partial charge in [0.1, 0.15) is 6.04 Å². The summed E-state index contributed by atoms with van der Waals surface area (Å²) in [5.41, 5.74) is 0.858. The van der Waals surface area contributed by atoms with Crippen molar-refractivity contribution in [2.75, 3.05) is 20.8 Å². The highest BCUT2D eigenvalue weighted by Crippen LogP contribution is 2.29. The largest absolute Gasteiger partial charge is 0.493 e. The summed E-state index contributed by atoms with van der Waals surface area (Å²) in [6, 6.07) is 12.7. The fourth-order valence-electron chi connectivity index (χ4n) is 2.88. The summed E-state index contributed by atoms with van der Waals surface area (Å²) in [5.74, 6) is 0.787. The molecule has 0 heterocycles. The number of benzene rings is 2. The number of nitrogens with one attached hydrogen (secondary N) is 2. The van der Waals surface area contributed by atoms with Gasteiger partial charge in [-0.2, -0.15) is 4.72 Å². The van der Waals surface area contributed by atoms with Gasteiger partial charge in [0, 0.05) is 12.6 Å². The van der Waals surface area contributed by atoms with Crippen LogP contribution in [0.15, 0.2) is 53.4 Å². The van der Waals surface area contributed by atoms with Crippen LogP contribution in [0.3, 0.4) is 0 Å². The Bertz CT molecular complexity index is 930. The number of hydrogen-bond acceptors (Lipinski definition) is 5. The molecule has 1 amide bonds. The van der Waals surface area contributed by atoms with Gasteiger partial charge in [0.25, 0.3) is 0 Å². The number of hydrogen-bond donors (Lipinski definition) is 2. The van der Waals surface area contributed by atoms with Crippen LogP contribution >= 0.6 is 0 Å². The van der Waals surface area contributed by atoms with Crippen LogP contribution in [-0.2, 0) is 21.2 Å². The van der Waals surface area contributed by atoms with Crippen molar-refractivity contribution in [3.05, 3.63) is 54.1 Å². The van der Waals surface area contributed by atoms with E-state index in [1.807, 2.05) is 30.3 Å². The Balaban J connectivity index is 2.25. The lowest BCUT2D eigenvalue weighted by Crippen LogP contribution is -2.48. The highest BCUT2D eigenvalue weighted by Gasteiger charge is 2.27. The molecule has 2 aromatic carbocycles. The van der Waals surface area contributed by atoms with Crippen LogP contribution in [0, 0.1) is 5.92 Å². The maximum Gasteiger partial charge on any atom is 0.241 e. The highest BCUT2D eigenvalue weighted by molar-refractivity contribution is 7.89. The first-order valence-corrected chi connectivity index (χ1v) is 11.3. The molecule has 164 valence electrons. The summed E-state index contributed by atoms with van der Waals surface area (Å²) >= 11 is 0. The average molecular weight is 435 g/mol. The van der Waals surface area contributed by atoms with E-state index in [9.17, 15) is 13.2 Å². The van der Waals surface area contributed by atoms with Crippen LogP contribution in [0.4, 0.5) is 0 Å². The van der Waals surface area contributed by atoms with Gasteiger partial charge in [-0.25, -0.2) is 8.42 Å². The Morgan fingerprint density at radius 1 is 1.00 bits per heavy atom. The van der Waals surface area contributed by atoms with E-state index in [0.717, 1.165) is 12.0 Å². The van der Waals surface area contributed by atoms with Crippen molar-refractivity contribution < 1.29 is 22.7 Å². The number of carbonyl (C=O) groups excluding carboxylic acids is 1. The van der Waals surface area contributed by atoms with Crippen LogP contribution in [0.2, 0.25) is 0 Å². The van der Waals surface area contributed by atoms with Crippen LogP contribution in [-0.4, -0.2) is 41.1 Å². The number of methoxy groups -OCH3 is 2. The predicted molar refractivity (Wildman–Crippen MR) is 116 cm³/mol. The minimum Gasteiger partial charge on any atom is -0.493 e. The molecule has 2 N–H and O–H groups in total. The minimum absolute atomic E-state index is 0.00630. The van der Waals surface area contributed by atoms with Crippen molar-refractivity contribution >= 4 is 15.9 Å². The van der Waals surface area contributed by atoms with Crippen molar-refractivity contribution in [1.29, 1.82) is 0 Å². The SMILES string of the molecule is COc1ccc(S(=O)(=O)N[C@@H](Cc2ccccc2)C(=O)NCCC(C)C)cc1OC. The molecule has 8 heteroatoms. The molecule has 0 fully saturated rings. The third kappa shape index (κ3) is 6.74. The van der Waals surface area contributed by atoms with Crippen molar-refractivity contribution in [2.24, 2.45) is 5.92 Å². The second-order valence-corrected chi connectivity index (χ2v) is 9.07. The van der Waals surface area contributed by atoms with Gasteiger partial charge in [-0.05, 0) is 36.5 Å². The molecule has 0 aromatic heterocycles. The maximum absolute atomic E-state index is 13.0. The van der Waals surface area contributed by atoms with Crippen LogP contribution in [0.25, 0.3) is 0 Å². The fourth-order valence-corrected chi connectivity index (χ4v) is 4.09. The molecule has 0 saturated heterocycles. The van der Waals surface area contributed by atoms with E-state index >= 15 is 0 Å². The zero-order chi connectivity index (χ0) is 22.1. The lowest BCUT2D eigenvalue weighted by Gasteiger charge is -2.19. The van der Waals surface area contributed by atoms with Crippen LogP contribution in [0.5, 0.6) is 11.5 Å². The summed E-state index contributed by atoms with van der Waals surface area (Å²) in [4.78, 5) is 12.8. The molecule has 30 heavy (non-hydrogen) atoms. The van der Waals surface area contributed by atoms with Crippen LogP contribution < -0.4 is 19.5 Å². The van der Waals surface area contributed by atoms with Crippen molar-refractivity contribution in [1.82, 2.24) is 10.0 Å². The zero-order valence-electron chi connectivity index (χ0n) is 17.8. The maximum atomic E-state index is 13.0. The minimum atomic E-state index is -3.97. The van der Waals surface area contributed by atoms with Gasteiger partial charge in [-0.3, -0.25) is 4.79 Å². The molecule has 0 unspecified atom stereocenters. The Kier molecular flexibility index (Phi) is 8.68. The molecule has 0 aliphatic carbocycles. The van der Waals surface area contributed by atoms with E-state index in [1.165, 1.54) is 32.4 Å². The third-order valence-corrected chi connectivity index (χ3v) is 6.05. The number of amides is 1. The van der Waals surface area contributed by atoms with Gasteiger partial charge in [0.2, 0.25) is 15.9 Å². The smallest absolute Gasteiger partial charge is 0.241 e. The van der Waals surface area contributed by atoms with Crippen molar-refractivity contribution in [2.45, 2.75) is 37.6 Å². The normalized spacial score (nSPS) is 12.4.